The molecule has 6 rings (SSSR count). The van der Waals surface area contributed by atoms with E-state index in [2.05, 4.69) is 11.4 Å². The van der Waals surface area contributed by atoms with E-state index in [1.165, 1.54) is 0 Å². The zero-order chi connectivity index (χ0) is 20.8. The number of hydrogen-bond acceptors (Lipinski definition) is 4. The fraction of sp³-hybridized carbons (Fsp3) is 0.333. The molecule has 1 amide bonds. The van der Waals surface area contributed by atoms with Crippen LogP contribution in [0.4, 0.5) is 5.69 Å². The number of hydrogen-bond donors (Lipinski definition) is 2. The van der Waals surface area contributed by atoms with E-state index in [-0.39, 0.29) is 17.7 Å². The van der Waals surface area contributed by atoms with Gasteiger partial charge in [0, 0.05) is 5.69 Å². The number of carboxylic acid groups (broad SMARTS) is 1. The average molecular weight is 405 g/mol. The number of ether oxygens (including phenoxy) is 2. The van der Waals surface area contributed by atoms with E-state index < -0.39 is 17.8 Å². The number of benzene rings is 2. The van der Waals surface area contributed by atoms with Gasteiger partial charge in [0.1, 0.15) is 5.75 Å². The topological polar surface area (TPSA) is 84.9 Å². The van der Waals surface area contributed by atoms with E-state index in [1.807, 2.05) is 30.3 Å². The molecule has 2 aromatic carbocycles. The molecule has 154 valence electrons. The number of nitrogens with one attached hydrogen (secondary N) is 1. The summed E-state index contributed by atoms with van der Waals surface area (Å²) < 4.78 is 11.2. The molecule has 2 N–H and O–H groups in total. The van der Waals surface area contributed by atoms with Crippen LogP contribution in [0.2, 0.25) is 0 Å². The Morgan fingerprint density at radius 2 is 1.57 bits per heavy atom. The molecular weight excluding hydrogens is 382 g/mol. The molecule has 2 fully saturated rings. The van der Waals surface area contributed by atoms with Crippen LogP contribution >= 0.6 is 0 Å². The second-order valence-electron chi connectivity index (χ2n) is 8.26. The van der Waals surface area contributed by atoms with Gasteiger partial charge in [-0.05, 0) is 66.5 Å². The summed E-state index contributed by atoms with van der Waals surface area (Å²) in [6, 6.07) is 14.4. The van der Waals surface area contributed by atoms with Gasteiger partial charge >= 0.3 is 5.97 Å². The first-order chi connectivity index (χ1) is 14.6. The zero-order valence-corrected chi connectivity index (χ0v) is 16.5. The number of para-hydroxylation sites is 2. The lowest BCUT2D eigenvalue weighted by Crippen LogP contribution is -2.48. The fourth-order valence-electron chi connectivity index (χ4n) is 5.23. The van der Waals surface area contributed by atoms with Crippen molar-refractivity contribution in [2.45, 2.75) is 6.42 Å². The number of amides is 1. The minimum Gasteiger partial charge on any atom is -0.493 e. The SMILES string of the molecule is COc1ccccc1Oc1ccc(NC(=O)[C@@H]2[C@H]3C=C[C@@H]([C@@H]4C[C@@H]34)[C@H]2C(=O)O)cc1. The number of fused-ring (bicyclic) bond motifs is 1. The van der Waals surface area contributed by atoms with Crippen LogP contribution in [0.15, 0.2) is 60.7 Å². The van der Waals surface area contributed by atoms with Gasteiger partial charge in [0.25, 0.3) is 0 Å². The molecule has 0 spiro atoms. The van der Waals surface area contributed by atoms with Crippen LogP contribution in [0.5, 0.6) is 17.2 Å². The molecule has 0 heterocycles. The molecule has 6 atom stereocenters. The van der Waals surface area contributed by atoms with Crippen molar-refractivity contribution in [1.82, 2.24) is 0 Å². The summed E-state index contributed by atoms with van der Waals surface area (Å²) in [5.74, 6) is 0.493. The van der Waals surface area contributed by atoms with Gasteiger partial charge in [-0.3, -0.25) is 9.59 Å². The highest BCUT2D eigenvalue weighted by Crippen LogP contribution is 2.63. The first-order valence-corrected chi connectivity index (χ1v) is 10.2. The van der Waals surface area contributed by atoms with E-state index in [0.29, 0.717) is 34.8 Å². The maximum absolute atomic E-state index is 13.0. The number of allylic oxidation sites excluding steroid dienone is 2. The van der Waals surface area contributed by atoms with E-state index in [0.717, 1.165) is 6.42 Å². The molecule has 0 saturated heterocycles. The van der Waals surface area contributed by atoms with Gasteiger partial charge in [-0.25, -0.2) is 0 Å². The summed E-state index contributed by atoms with van der Waals surface area (Å²) in [4.78, 5) is 24.9. The zero-order valence-electron chi connectivity index (χ0n) is 16.5. The quantitative estimate of drug-likeness (QED) is 0.704. The lowest BCUT2D eigenvalue weighted by Gasteiger charge is -2.41. The van der Waals surface area contributed by atoms with Gasteiger partial charge in [-0.2, -0.15) is 0 Å². The van der Waals surface area contributed by atoms with Crippen LogP contribution < -0.4 is 14.8 Å². The summed E-state index contributed by atoms with van der Waals surface area (Å²) in [6.45, 7) is 0. The van der Waals surface area contributed by atoms with Crippen molar-refractivity contribution < 1.29 is 24.2 Å². The van der Waals surface area contributed by atoms with Crippen LogP contribution in [0.1, 0.15) is 6.42 Å². The van der Waals surface area contributed by atoms with E-state index >= 15 is 0 Å². The van der Waals surface area contributed by atoms with Crippen molar-refractivity contribution in [2.24, 2.45) is 35.5 Å². The molecular formula is C24H23NO5. The second kappa shape index (κ2) is 7.20. The van der Waals surface area contributed by atoms with Crippen LogP contribution in [0, 0.1) is 35.5 Å². The molecule has 6 heteroatoms. The van der Waals surface area contributed by atoms with Crippen molar-refractivity contribution in [3.8, 4) is 17.2 Å². The van der Waals surface area contributed by atoms with Crippen LogP contribution in [-0.2, 0) is 9.59 Å². The molecule has 4 aliphatic carbocycles. The van der Waals surface area contributed by atoms with Crippen LogP contribution in [0.25, 0.3) is 0 Å². The van der Waals surface area contributed by atoms with E-state index in [9.17, 15) is 14.7 Å². The highest BCUT2D eigenvalue weighted by Gasteiger charge is 2.62. The van der Waals surface area contributed by atoms with E-state index in [4.69, 9.17) is 9.47 Å². The maximum atomic E-state index is 13.0. The Morgan fingerprint density at radius 3 is 2.20 bits per heavy atom. The molecule has 0 aliphatic heterocycles. The standard InChI is InChI=1S/C24H23NO5/c1-29-19-4-2-3-5-20(19)30-14-8-6-13(7-9-14)25-23(26)21-15-10-11-16(18-12-17(15)18)22(21)24(27)28/h2-11,15-18,21-22H,12H2,1H3,(H,25,26)(H,27,28)/t15-,16-,17-,18-,21+,22+/m0/s1. The van der Waals surface area contributed by atoms with Crippen molar-refractivity contribution >= 4 is 17.6 Å². The molecule has 2 saturated carbocycles. The van der Waals surface area contributed by atoms with Gasteiger partial charge < -0.3 is 19.9 Å². The average Bonchev–Trinajstić information content (AvgIpc) is 3.57. The van der Waals surface area contributed by atoms with Crippen molar-refractivity contribution in [3.63, 3.8) is 0 Å². The first-order valence-electron chi connectivity index (χ1n) is 10.2. The molecule has 30 heavy (non-hydrogen) atoms. The monoisotopic (exact) mass is 405 g/mol. The Hall–Kier alpha value is -3.28. The summed E-state index contributed by atoms with van der Waals surface area (Å²) in [6.07, 6.45) is 5.11. The van der Waals surface area contributed by atoms with Crippen molar-refractivity contribution in [1.29, 1.82) is 0 Å². The Labute approximate surface area is 174 Å². The van der Waals surface area contributed by atoms with Gasteiger partial charge in [-0.15, -0.1) is 0 Å². The number of methoxy groups -OCH3 is 1. The summed E-state index contributed by atoms with van der Waals surface area (Å²) >= 11 is 0. The molecule has 0 radical (unpaired) electrons. The maximum Gasteiger partial charge on any atom is 0.307 e. The fourth-order valence-corrected chi connectivity index (χ4v) is 5.23. The molecule has 2 aromatic rings. The number of carbonyl (C=O) groups excluding carboxylic acids is 1. The smallest absolute Gasteiger partial charge is 0.307 e. The van der Waals surface area contributed by atoms with Crippen LogP contribution in [0.3, 0.4) is 0 Å². The van der Waals surface area contributed by atoms with Gasteiger partial charge in [-0.1, -0.05) is 24.3 Å². The Kier molecular flexibility index (Phi) is 4.50. The van der Waals surface area contributed by atoms with E-state index in [1.54, 1.807) is 31.4 Å². The largest absolute Gasteiger partial charge is 0.493 e. The molecule has 6 nitrogen and oxygen atoms in total. The molecule has 2 bridgehead atoms. The normalized spacial score (nSPS) is 30.3. The Balaban J connectivity index is 1.30. The number of carbonyl (C=O) groups is 2. The number of aliphatic carboxylic acids is 1. The lowest BCUT2D eigenvalue weighted by atomic mass is 9.62. The number of anilines is 1. The number of rotatable bonds is 6. The Bertz CT molecular complexity index is 1010. The summed E-state index contributed by atoms with van der Waals surface area (Å²) in [7, 11) is 1.59. The molecule has 0 aromatic heterocycles. The van der Waals surface area contributed by atoms with Crippen molar-refractivity contribution in [2.75, 3.05) is 12.4 Å². The third-order valence-electron chi connectivity index (χ3n) is 6.66. The minimum absolute atomic E-state index is 0.0225. The number of carboxylic acids is 1. The summed E-state index contributed by atoms with van der Waals surface area (Å²) in [5, 5.41) is 12.7. The van der Waals surface area contributed by atoms with Crippen molar-refractivity contribution in [3.05, 3.63) is 60.7 Å². The predicted octanol–water partition coefficient (Wildman–Crippen LogP) is 4.19. The van der Waals surface area contributed by atoms with Gasteiger partial charge in [0.15, 0.2) is 11.5 Å². The van der Waals surface area contributed by atoms with Gasteiger partial charge in [0.05, 0.1) is 18.9 Å². The summed E-state index contributed by atoms with van der Waals surface area (Å²) in [5.41, 5.74) is 0.620. The first kappa shape index (κ1) is 18.7. The highest BCUT2D eigenvalue weighted by molar-refractivity contribution is 5.96. The van der Waals surface area contributed by atoms with Crippen LogP contribution in [-0.4, -0.2) is 24.1 Å². The third-order valence-corrected chi connectivity index (χ3v) is 6.66. The third kappa shape index (κ3) is 3.12. The van der Waals surface area contributed by atoms with Gasteiger partial charge in [0.2, 0.25) is 5.91 Å². The minimum atomic E-state index is -0.875. The second-order valence-corrected chi connectivity index (χ2v) is 8.26. The lowest BCUT2D eigenvalue weighted by molar-refractivity contribution is -0.152. The molecule has 4 aliphatic rings. The predicted molar refractivity (Wildman–Crippen MR) is 110 cm³/mol. The highest BCUT2D eigenvalue weighted by atomic mass is 16.5. The Morgan fingerprint density at radius 1 is 0.933 bits per heavy atom. The molecule has 0 unspecified atom stereocenters.